The molecule has 0 unspecified atom stereocenters. The molecule has 4 nitrogen and oxygen atoms in total. The minimum absolute atomic E-state index is 0.301. The van der Waals surface area contributed by atoms with E-state index in [-0.39, 0.29) is 0 Å². The molecule has 1 rings (SSSR count). The number of hydrogen-bond acceptors (Lipinski definition) is 4. The average molecular weight is 224 g/mol. The first-order chi connectivity index (χ1) is 7.86. The SMILES string of the molecule is COc1cc(NCCCCCCO)ccn1. The van der Waals surface area contributed by atoms with E-state index in [0.29, 0.717) is 12.5 Å². The van der Waals surface area contributed by atoms with Gasteiger partial charge in [-0.25, -0.2) is 4.98 Å². The van der Waals surface area contributed by atoms with Gasteiger partial charge in [-0.2, -0.15) is 0 Å². The Bertz CT molecular complexity index is 292. The second kappa shape index (κ2) is 7.93. The van der Waals surface area contributed by atoms with Crippen LogP contribution >= 0.6 is 0 Å². The van der Waals surface area contributed by atoms with Gasteiger partial charge < -0.3 is 15.2 Å². The van der Waals surface area contributed by atoms with Gasteiger partial charge in [-0.05, 0) is 18.9 Å². The van der Waals surface area contributed by atoms with E-state index in [4.69, 9.17) is 9.84 Å². The van der Waals surface area contributed by atoms with E-state index in [9.17, 15) is 0 Å². The summed E-state index contributed by atoms with van der Waals surface area (Å²) in [4.78, 5) is 4.04. The first-order valence-corrected chi connectivity index (χ1v) is 5.71. The molecule has 0 amide bonds. The molecule has 0 aliphatic rings. The smallest absolute Gasteiger partial charge is 0.214 e. The Morgan fingerprint density at radius 3 is 2.88 bits per heavy atom. The summed E-state index contributed by atoms with van der Waals surface area (Å²) in [5, 5.41) is 11.9. The molecular formula is C12H20N2O2. The van der Waals surface area contributed by atoms with Crippen molar-refractivity contribution in [1.29, 1.82) is 0 Å². The first kappa shape index (κ1) is 12.8. The third kappa shape index (κ3) is 4.98. The molecule has 0 saturated carbocycles. The third-order valence-corrected chi connectivity index (χ3v) is 2.36. The zero-order valence-corrected chi connectivity index (χ0v) is 9.78. The van der Waals surface area contributed by atoms with E-state index in [1.807, 2.05) is 12.1 Å². The monoisotopic (exact) mass is 224 g/mol. The largest absolute Gasteiger partial charge is 0.481 e. The fourth-order valence-electron chi connectivity index (χ4n) is 1.45. The van der Waals surface area contributed by atoms with E-state index in [1.165, 1.54) is 0 Å². The summed E-state index contributed by atoms with van der Waals surface area (Å²) < 4.78 is 5.04. The highest BCUT2D eigenvalue weighted by Crippen LogP contribution is 2.13. The molecule has 0 radical (unpaired) electrons. The minimum Gasteiger partial charge on any atom is -0.481 e. The van der Waals surface area contributed by atoms with Crippen LogP contribution in [0.2, 0.25) is 0 Å². The average Bonchev–Trinajstić information content (AvgIpc) is 2.34. The Balaban J connectivity index is 2.16. The Kier molecular flexibility index (Phi) is 6.33. The second-order valence-corrected chi connectivity index (χ2v) is 3.65. The summed E-state index contributed by atoms with van der Waals surface area (Å²) in [6.45, 7) is 1.24. The number of anilines is 1. The first-order valence-electron chi connectivity index (χ1n) is 5.71. The van der Waals surface area contributed by atoms with Crippen molar-refractivity contribution in [2.45, 2.75) is 25.7 Å². The van der Waals surface area contributed by atoms with E-state index >= 15 is 0 Å². The molecule has 2 N–H and O–H groups in total. The number of pyridine rings is 1. The summed E-state index contributed by atoms with van der Waals surface area (Å²) in [6.07, 6.45) is 5.99. The molecule has 1 heterocycles. The van der Waals surface area contributed by atoms with Crippen LogP contribution in [-0.4, -0.2) is 30.4 Å². The fraction of sp³-hybridized carbons (Fsp3) is 0.583. The van der Waals surface area contributed by atoms with Crippen LogP contribution in [0.15, 0.2) is 18.3 Å². The predicted molar refractivity (Wildman–Crippen MR) is 64.8 cm³/mol. The quantitative estimate of drug-likeness (QED) is 0.664. The molecule has 0 bridgehead atoms. The number of rotatable bonds is 8. The summed E-state index contributed by atoms with van der Waals surface area (Å²) in [5.74, 6) is 0.630. The van der Waals surface area contributed by atoms with E-state index in [0.717, 1.165) is 37.9 Å². The molecule has 1 aromatic heterocycles. The van der Waals surface area contributed by atoms with Gasteiger partial charge in [0.15, 0.2) is 0 Å². The van der Waals surface area contributed by atoms with Gasteiger partial charge in [-0.15, -0.1) is 0 Å². The van der Waals surface area contributed by atoms with Gasteiger partial charge in [0.1, 0.15) is 0 Å². The molecule has 4 heteroatoms. The maximum Gasteiger partial charge on any atom is 0.214 e. The van der Waals surface area contributed by atoms with Crippen molar-refractivity contribution in [2.75, 3.05) is 25.6 Å². The molecule has 0 saturated heterocycles. The van der Waals surface area contributed by atoms with E-state index < -0.39 is 0 Å². The Hall–Kier alpha value is -1.29. The molecule has 0 aromatic carbocycles. The van der Waals surface area contributed by atoms with Crippen LogP contribution in [-0.2, 0) is 0 Å². The lowest BCUT2D eigenvalue weighted by Crippen LogP contribution is -2.02. The van der Waals surface area contributed by atoms with Crippen molar-refractivity contribution in [3.05, 3.63) is 18.3 Å². The van der Waals surface area contributed by atoms with Gasteiger partial charge >= 0.3 is 0 Å². The molecular weight excluding hydrogens is 204 g/mol. The van der Waals surface area contributed by atoms with Crippen molar-refractivity contribution in [3.63, 3.8) is 0 Å². The number of methoxy groups -OCH3 is 1. The van der Waals surface area contributed by atoms with Gasteiger partial charge in [-0.3, -0.25) is 0 Å². The number of aliphatic hydroxyl groups is 1. The van der Waals surface area contributed by atoms with Crippen molar-refractivity contribution >= 4 is 5.69 Å². The standard InChI is InChI=1S/C12H20N2O2/c1-16-12-10-11(6-8-14-12)13-7-4-2-3-5-9-15/h6,8,10,15H,2-5,7,9H2,1H3,(H,13,14). The third-order valence-electron chi connectivity index (χ3n) is 2.36. The minimum atomic E-state index is 0.301. The highest BCUT2D eigenvalue weighted by molar-refractivity contribution is 5.44. The number of nitrogens with zero attached hydrogens (tertiary/aromatic N) is 1. The van der Waals surface area contributed by atoms with Crippen LogP contribution < -0.4 is 10.1 Å². The normalized spacial score (nSPS) is 10.1. The zero-order valence-electron chi connectivity index (χ0n) is 9.78. The molecule has 0 fully saturated rings. The highest BCUT2D eigenvalue weighted by Gasteiger charge is 1.95. The summed E-state index contributed by atoms with van der Waals surface area (Å²) >= 11 is 0. The van der Waals surface area contributed by atoms with Crippen molar-refractivity contribution in [1.82, 2.24) is 4.98 Å². The number of unbranched alkanes of at least 4 members (excludes halogenated alkanes) is 3. The number of aromatic nitrogens is 1. The van der Waals surface area contributed by atoms with Crippen molar-refractivity contribution in [3.8, 4) is 5.88 Å². The van der Waals surface area contributed by atoms with Gasteiger partial charge in [0, 0.05) is 31.1 Å². The van der Waals surface area contributed by atoms with Gasteiger partial charge in [-0.1, -0.05) is 12.8 Å². The summed E-state index contributed by atoms with van der Waals surface area (Å²) in [6, 6.07) is 3.81. The van der Waals surface area contributed by atoms with Crippen LogP contribution in [0.4, 0.5) is 5.69 Å². The number of ether oxygens (including phenoxy) is 1. The van der Waals surface area contributed by atoms with Crippen LogP contribution in [0.5, 0.6) is 5.88 Å². The number of hydrogen-bond donors (Lipinski definition) is 2. The van der Waals surface area contributed by atoms with Crippen LogP contribution in [0.25, 0.3) is 0 Å². The molecule has 0 aliphatic carbocycles. The summed E-state index contributed by atoms with van der Waals surface area (Å²) in [5.41, 5.74) is 1.04. The molecule has 0 spiro atoms. The number of nitrogens with one attached hydrogen (secondary N) is 1. The van der Waals surface area contributed by atoms with E-state index in [2.05, 4.69) is 10.3 Å². The maximum atomic E-state index is 8.62. The Labute approximate surface area is 96.7 Å². The van der Waals surface area contributed by atoms with Crippen molar-refractivity contribution in [2.24, 2.45) is 0 Å². The lowest BCUT2D eigenvalue weighted by atomic mass is 10.2. The van der Waals surface area contributed by atoms with Gasteiger partial charge in [0.05, 0.1) is 7.11 Å². The molecule has 90 valence electrons. The molecule has 1 aromatic rings. The van der Waals surface area contributed by atoms with E-state index in [1.54, 1.807) is 13.3 Å². The van der Waals surface area contributed by atoms with Crippen LogP contribution in [0, 0.1) is 0 Å². The van der Waals surface area contributed by atoms with Gasteiger partial charge in [0.25, 0.3) is 0 Å². The number of aliphatic hydroxyl groups excluding tert-OH is 1. The topological polar surface area (TPSA) is 54.4 Å². The second-order valence-electron chi connectivity index (χ2n) is 3.65. The zero-order chi connectivity index (χ0) is 11.6. The lowest BCUT2D eigenvalue weighted by Gasteiger charge is -2.07. The predicted octanol–water partition coefficient (Wildman–Crippen LogP) is 2.05. The molecule has 16 heavy (non-hydrogen) atoms. The molecule has 0 aliphatic heterocycles. The van der Waals surface area contributed by atoms with Crippen LogP contribution in [0.1, 0.15) is 25.7 Å². The van der Waals surface area contributed by atoms with Crippen LogP contribution in [0.3, 0.4) is 0 Å². The Morgan fingerprint density at radius 1 is 1.31 bits per heavy atom. The lowest BCUT2D eigenvalue weighted by molar-refractivity contribution is 0.283. The highest BCUT2D eigenvalue weighted by atomic mass is 16.5. The Morgan fingerprint density at radius 2 is 2.12 bits per heavy atom. The maximum absolute atomic E-state index is 8.62. The van der Waals surface area contributed by atoms with Gasteiger partial charge in [0.2, 0.25) is 5.88 Å². The summed E-state index contributed by atoms with van der Waals surface area (Å²) in [7, 11) is 1.61. The van der Waals surface area contributed by atoms with Crippen molar-refractivity contribution < 1.29 is 9.84 Å². The molecule has 0 atom stereocenters. The fourth-order valence-corrected chi connectivity index (χ4v) is 1.45.